The largest absolute Gasteiger partial charge is 0.497 e. The summed E-state index contributed by atoms with van der Waals surface area (Å²) < 4.78 is 5.20. The van der Waals surface area contributed by atoms with Crippen molar-refractivity contribution in [2.45, 2.75) is 58.9 Å². The fraction of sp³-hybridized carbons (Fsp3) is 0.667. The van der Waals surface area contributed by atoms with E-state index in [0.717, 1.165) is 11.7 Å². The van der Waals surface area contributed by atoms with Crippen molar-refractivity contribution in [3.8, 4) is 5.75 Å². The quantitative estimate of drug-likeness (QED) is 0.807. The summed E-state index contributed by atoms with van der Waals surface area (Å²) in [5.74, 6) is 1.81. The van der Waals surface area contributed by atoms with Crippen LogP contribution in [0.5, 0.6) is 5.75 Å². The molecule has 0 amide bonds. The van der Waals surface area contributed by atoms with Crippen molar-refractivity contribution in [2.75, 3.05) is 12.4 Å². The van der Waals surface area contributed by atoms with E-state index in [2.05, 4.69) is 38.2 Å². The normalized spacial score (nSPS) is 23.4. The summed E-state index contributed by atoms with van der Waals surface area (Å²) in [4.78, 5) is 0. The summed E-state index contributed by atoms with van der Waals surface area (Å²) in [6.07, 6.45) is 6.58. The third-order valence-corrected chi connectivity index (χ3v) is 5.20. The monoisotopic (exact) mass is 275 g/mol. The number of nitrogens with one attached hydrogen (secondary N) is 1. The number of hydrogen-bond donors (Lipinski definition) is 1. The Morgan fingerprint density at radius 1 is 1.10 bits per heavy atom. The van der Waals surface area contributed by atoms with Gasteiger partial charge in [-0.05, 0) is 61.3 Å². The molecule has 1 aromatic rings. The Labute approximate surface area is 123 Å². The number of ether oxygens (including phenoxy) is 1. The molecule has 0 atom stereocenters. The van der Waals surface area contributed by atoms with Crippen molar-refractivity contribution in [3.63, 3.8) is 0 Å². The van der Waals surface area contributed by atoms with E-state index >= 15 is 0 Å². The molecule has 0 heterocycles. The van der Waals surface area contributed by atoms with Crippen molar-refractivity contribution in [3.05, 3.63) is 24.3 Å². The molecule has 1 aliphatic carbocycles. The van der Waals surface area contributed by atoms with E-state index in [1.807, 2.05) is 12.1 Å². The summed E-state index contributed by atoms with van der Waals surface area (Å²) in [6, 6.07) is 8.90. The van der Waals surface area contributed by atoms with E-state index in [1.54, 1.807) is 7.11 Å². The summed E-state index contributed by atoms with van der Waals surface area (Å²) in [6.45, 7) is 7.17. The zero-order valence-corrected chi connectivity index (χ0v) is 13.4. The van der Waals surface area contributed by atoms with Crippen LogP contribution in [-0.2, 0) is 0 Å². The molecule has 0 aromatic heterocycles. The lowest BCUT2D eigenvalue weighted by atomic mass is 9.69. The van der Waals surface area contributed by atoms with Crippen LogP contribution in [-0.4, -0.2) is 13.2 Å². The minimum atomic E-state index is 0.505. The van der Waals surface area contributed by atoms with Gasteiger partial charge in [-0.25, -0.2) is 0 Å². The molecule has 1 N–H and O–H groups in total. The Bertz CT molecular complexity index is 402. The van der Waals surface area contributed by atoms with Crippen LogP contribution in [0.3, 0.4) is 0 Å². The Hall–Kier alpha value is -1.18. The van der Waals surface area contributed by atoms with Crippen LogP contribution in [0.4, 0.5) is 5.69 Å². The van der Waals surface area contributed by atoms with Crippen molar-refractivity contribution < 1.29 is 4.74 Å². The predicted octanol–water partition coefficient (Wildman–Crippen LogP) is 5.10. The summed E-state index contributed by atoms with van der Waals surface area (Å²) in [5.41, 5.74) is 1.72. The number of hydrogen-bond acceptors (Lipinski definition) is 2. The maximum atomic E-state index is 5.20. The van der Waals surface area contributed by atoms with E-state index in [-0.39, 0.29) is 0 Å². The number of anilines is 1. The van der Waals surface area contributed by atoms with Gasteiger partial charge in [0, 0.05) is 11.7 Å². The minimum absolute atomic E-state index is 0.505. The number of rotatable bonds is 5. The lowest BCUT2D eigenvalue weighted by Crippen LogP contribution is -2.32. The molecule has 1 aliphatic rings. The highest BCUT2D eigenvalue weighted by Crippen LogP contribution is 2.40. The van der Waals surface area contributed by atoms with Gasteiger partial charge in [0.1, 0.15) is 5.75 Å². The Balaban J connectivity index is 1.85. The van der Waals surface area contributed by atoms with Crippen LogP contribution in [0.15, 0.2) is 24.3 Å². The molecule has 0 spiro atoms. The Morgan fingerprint density at radius 2 is 1.70 bits per heavy atom. The van der Waals surface area contributed by atoms with Crippen LogP contribution < -0.4 is 10.1 Å². The molecule has 1 aromatic carbocycles. The van der Waals surface area contributed by atoms with Gasteiger partial charge in [0.25, 0.3) is 0 Å². The molecular formula is C18H29NO. The highest BCUT2D eigenvalue weighted by Gasteiger charge is 2.31. The third kappa shape index (κ3) is 3.68. The maximum Gasteiger partial charge on any atom is 0.119 e. The van der Waals surface area contributed by atoms with E-state index in [4.69, 9.17) is 4.74 Å². The van der Waals surface area contributed by atoms with Crippen LogP contribution in [0.25, 0.3) is 0 Å². The molecule has 1 fully saturated rings. The van der Waals surface area contributed by atoms with Crippen molar-refractivity contribution in [1.82, 2.24) is 0 Å². The van der Waals surface area contributed by atoms with Gasteiger partial charge in [-0.15, -0.1) is 0 Å². The standard InChI is InChI=1S/C18H29NO/c1-5-18(2,3)14-6-8-15(9-7-14)19-16-10-12-17(20-4)13-11-16/h10-15,19H,5-9H2,1-4H3. The average Bonchev–Trinajstić information content (AvgIpc) is 2.48. The zero-order valence-electron chi connectivity index (χ0n) is 13.4. The van der Waals surface area contributed by atoms with Gasteiger partial charge < -0.3 is 10.1 Å². The molecule has 112 valence electrons. The second-order valence-corrected chi connectivity index (χ2v) is 6.76. The lowest BCUT2D eigenvalue weighted by molar-refractivity contribution is 0.147. The fourth-order valence-electron chi connectivity index (χ4n) is 3.23. The summed E-state index contributed by atoms with van der Waals surface area (Å²) in [5, 5.41) is 3.67. The molecule has 0 aliphatic heterocycles. The summed E-state index contributed by atoms with van der Waals surface area (Å²) in [7, 11) is 1.71. The maximum absolute atomic E-state index is 5.20. The van der Waals surface area contributed by atoms with Crippen molar-refractivity contribution in [2.24, 2.45) is 11.3 Å². The topological polar surface area (TPSA) is 21.3 Å². The first-order valence-electron chi connectivity index (χ1n) is 7.95. The molecule has 2 heteroatoms. The number of methoxy groups -OCH3 is 1. The SMILES string of the molecule is CCC(C)(C)C1CCC(Nc2ccc(OC)cc2)CC1. The van der Waals surface area contributed by atoms with Crippen molar-refractivity contribution in [1.29, 1.82) is 0 Å². The zero-order chi connectivity index (χ0) is 14.6. The van der Waals surface area contributed by atoms with Crippen LogP contribution in [0.2, 0.25) is 0 Å². The molecule has 20 heavy (non-hydrogen) atoms. The first-order valence-corrected chi connectivity index (χ1v) is 7.95. The van der Waals surface area contributed by atoms with E-state index in [1.165, 1.54) is 37.8 Å². The molecule has 2 rings (SSSR count). The second-order valence-electron chi connectivity index (χ2n) is 6.76. The second kappa shape index (κ2) is 6.51. The van der Waals surface area contributed by atoms with Crippen LogP contribution in [0.1, 0.15) is 52.9 Å². The Kier molecular flexibility index (Phi) is 4.95. The van der Waals surface area contributed by atoms with Crippen LogP contribution in [0, 0.1) is 11.3 Å². The first kappa shape index (κ1) is 15.2. The van der Waals surface area contributed by atoms with Crippen molar-refractivity contribution >= 4 is 5.69 Å². The van der Waals surface area contributed by atoms with Gasteiger partial charge in [0.2, 0.25) is 0 Å². The molecule has 0 bridgehead atoms. The molecular weight excluding hydrogens is 246 g/mol. The van der Waals surface area contributed by atoms with Gasteiger partial charge in [0.05, 0.1) is 7.11 Å². The summed E-state index contributed by atoms with van der Waals surface area (Å²) >= 11 is 0. The molecule has 0 radical (unpaired) electrons. The van der Waals surface area contributed by atoms with Gasteiger partial charge in [-0.1, -0.05) is 27.2 Å². The van der Waals surface area contributed by atoms with Gasteiger partial charge in [-0.3, -0.25) is 0 Å². The average molecular weight is 275 g/mol. The van der Waals surface area contributed by atoms with Gasteiger partial charge >= 0.3 is 0 Å². The fourth-order valence-corrected chi connectivity index (χ4v) is 3.23. The highest BCUT2D eigenvalue weighted by molar-refractivity contribution is 5.47. The first-order chi connectivity index (χ1) is 9.55. The van der Waals surface area contributed by atoms with Gasteiger partial charge in [-0.2, -0.15) is 0 Å². The lowest BCUT2D eigenvalue weighted by Gasteiger charge is -2.39. The smallest absolute Gasteiger partial charge is 0.119 e. The van der Waals surface area contributed by atoms with E-state index in [0.29, 0.717) is 11.5 Å². The number of benzene rings is 1. The van der Waals surface area contributed by atoms with E-state index < -0.39 is 0 Å². The van der Waals surface area contributed by atoms with Crippen LogP contribution >= 0.6 is 0 Å². The highest BCUT2D eigenvalue weighted by atomic mass is 16.5. The predicted molar refractivity (Wildman–Crippen MR) is 86.4 cm³/mol. The van der Waals surface area contributed by atoms with Gasteiger partial charge in [0.15, 0.2) is 0 Å². The third-order valence-electron chi connectivity index (χ3n) is 5.20. The Morgan fingerprint density at radius 3 is 2.20 bits per heavy atom. The molecule has 0 unspecified atom stereocenters. The van der Waals surface area contributed by atoms with E-state index in [9.17, 15) is 0 Å². The molecule has 1 saturated carbocycles. The minimum Gasteiger partial charge on any atom is -0.497 e. The molecule has 2 nitrogen and oxygen atoms in total. The molecule has 0 saturated heterocycles.